The van der Waals surface area contributed by atoms with Gasteiger partial charge in [0.15, 0.2) is 17.0 Å². The van der Waals surface area contributed by atoms with Gasteiger partial charge < -0.3 is 4.42 Å². The molecule has 3 aromatic heterocycles. The molecule has 3 heterocycles. The number of imidazole rings is 1. The Morgan fingerprint density at radius 1 is 1.22 bits per heavy atom. The van der Waals surface area contributed by atoms with E-state index in [9.17, 15) is 4.79 Å². The lowest BCUT2D eigenvalue weighted by molar-refractivity contribution is 0.111. The zero-order chi connectivity index (χ0) is 16.0. The van der Waals surface area contributed by atoms with Crippen LogP contribution in [0.1, 0.15) is 10.5 Å². The fourth-order valence-corrected chi connectivity index (χ4v) is 3.62. The van der Waals surface area contributed by atoms with E-state index in [2.05, 4.69) is 4.98 Å². The Morgan fingerprint density at radius 2 is 2.09 bits per heavy atom. The number of aromatic nitrogens is 2. The Hall–Kier alpha value is -2.08. The number of aldehydes is 1. The third kappa shape index (κ3) is 2.28. The summed E-state index contributed by atoms with van der Waals surface area (Å²) in [5.41, 5.74) is 2.54. The molecule has 0 saturated heterocycles. The van der Waals surface area contributed by atoms with Gasteiger partial charge in [-0.3, -0.25) is 9.20 Å². The van der Waals surface area contributed by atoms with Crippen molar-refractivity contribution in [1.29, 1.82) is 0 Å². The number of benzene rings is 1. The predicted octanol–water partition coefficient (Wildman–Crippen LogP) is 5.44. The molecule has 0 N–H and O–H groups in total. The number of furan rings is 1. The molecule has 114 valence electrons. The average molecular weight is 363 g/mol. The smallest absolute Gasteiger partial charge is 0.195 e. The standard InChI is InChI=1S/C16H8Cl2N2O2S/c17-10-4-3-9(6-11(10)18)15-12(7-21)20-13(8-23-16(20)19-15)14-2-1-5-22-14/h1-8H. The van der Waals surface area contributed by atoms with Crippen LogP contribution in [0.2, 0.25) is 10.0 Å². The fraction of sp³-hybridized carbons (Fsp3) is 0. The number of halogens is 2. The zero-order valence-electron chi connectivity index (χ0n) is 11.5. The van der Waals surface area contributed by atoms with E-state index in [4.69, 9.17) is 27.6 Å². The molecule has 4 nitrogen and oxygen atoms in total. The normalized spacial score (nSPS) is 11.2. The molecule has 0 fully saturated rings. The Kier molecular flexibility index (Phi) is 3.49. The maximum absolute atomic E-state index is 11.7. The summed E-state index contributed by atoms with van der Waals surface area (Å²) in [5.74, 6) is 0.678. The van der Waals surface area contributed by atoms with Crippen LogP contribution in [0.25, 0.3) is 27.7 Å². The lowest BCUT2D eigenvalue weighted by Gasteiger charge is -2.02. The van der Waals surface area contributed by atoms with E-state index in [1.807, 2.05) is 11.4 Å². The van der Waals surface area contributed by atoms with Crippen LogP contribution in [0.3, 0.4) is 0 Å². The van der Waals surface area contributed by atoms with Crippen molar-refractivity contribution in [3.8, 4) is 22.7 Å². The minimum Gasteiger partial charge on any atom is -0.463 e. The highest BCUT2D eigenvalue weighted by Gasteiger charge is 2.19. The molecular weight excluding hydrogens is 355 g/mol. The number of hydrogen-bond donors (Lipinski definition) is 0. The van der Waals surface area contributed by atoms with Gasteiger partial charge in [-0.25, -0.2) is 4.98 Å². The second kappa shape index (κ2) is 5.53. The maximum Gasteiger partial charge on any atom is 0.195 e. The first-order valence-corrected chi connectivity index (χ1v) is 8.27. The number of nitrogens with zero attached hydrogens (tertiary/aromatic N) is 2. The second-order valence-electron chi connectivity index (χ2n) is 4.81. The lowest BCUT2D eigenvalue weighted by atomic mass is 10.1. The SMILES string of the molecule is O=Cc1c(-c2ccc(Cl)c(Cl)c2)nc2scc(-c3ccco3)n12. The molecule has 0 aliphatic rings. The van der Waals surface area contributed by atoms with E-state index in [-0.39, 0.29) is 0 Å². The minimum absolute atomic E-state index is 0.420. The first-order chi connectivity index (χ1) is 11.2. The summed E-state index contributed by atoms with van der Waals surface area (Å²) in [6.45, 7) is 0. The zero-order valence-corrected chi connectivity index (χ0v) is 13.8. The van der Waals surface area contributed by atoms with Crippen molar-refractivity contribution in [3.63, 3.8) is 0 Å². The molecule has 0 atom stereocenters. The third-order valence-electron chi connectivity index (χ3n) is 3.48. The van der Waals surface area contributed by atoms with Crippen LogP contribution in [0.4, 0.5) is 0 Å². The number of fused-ring (bicyclic) bond motifs is 1. The highest BCUT2D eigenvalue weighted by Crippen LogP contribution is 2.34. The van der Waals surface area contributed by atoms with Gasteiger partial charge in [-0.05, 0) is 24.3 Å². The summed E-state index contributed by atoms with van der Waals surface area (Å²) in [6.07, 6.45) is 2.38. The van der Waals surface area contributed by atoms with Crippen molar-refractivity contribution in [1.82, 2.24) is 9.38 Å². The van der Waals surface area contributed by atoms with Crippen molar-refractivity contribution < 1.29 is 9.21 Å². The van der Waals surface area contributed by atoms with Gasteiger partial charge >= 0.3 is 0 Å². The van der Waals surface area contributed by atoms with Crippen LogP contribution in [0, 0.1) is 0 Å². The number of carbonyl (C=O) groups is 1. The molecule has 0 amide bonds. The van der Waals surface area contributed by atoms with Crippen LogP contribution in [-0.2, 0) is 0 Å². The molecule has 1 aromatic carbocycles. The molecule has 7 heteroatoms. The highest BCUT2D eigenvalue weighted by atomic mass is 35.5. The molecule has 23 heavy (non-hydrogen) atoms. The van der Waals surface area contributed by atoms with Gasteiger partial charge in [-0.1, -0.05) is 29.3 Å². The van der Waals surface area contributed by atoms with E-state index in [0.29, 0.717) is 32.2 Å². The second-order valence-corrected chi connectivity index (χ2v) is 6.46. The molecule has 0 radical (unpaired) electrons. The number of thiazole rings is 1. The van der Waals surface area contributed by atoms with Crippen LogP contribution in [-0.4, -0.2) is 15.7 Å². The third-order valence-corrected chi connectivity index (χ3v) is 5.04. The molecule has 0 unspecified atom stereocenters. The van der Waals surface area contributed by atoms with Gasteiger partial charge in [-0.15, -0.1) is 11.3 Å². The summed E-state index contributed by atoms with van der Waals surface area (Å²) >= 11 is 13.5. The van der Waals surface area contributed by atoms with Gasteiger partial charge in [0.25, 0.3) is 0 Å². The quantitative estimate of drug-likeness (QED) is 0.455. The summed E-state index contributed by atoms with van der Waals surface area (Å²) in [7, 11) is 0. The molecule has 0 saturated carbocycles. The number of carbonyl (C=O) groups excluding carboxylic acids is 1. The lowest BCUT2D eigenvalue weighted by Crippen LogP contribution is -1.93. The average Bonchev–Trinajstić information content (AvgIpc) is 3.24. The van der Waals surface area contributed by atoms with E-state index >= 15 is 0 Å². The summed E-state index contributed by atoms with van der Waals surface area (Å²) in [4.78, 5) is 17.0. The van der Waals surface area contributed by atoms with Crippen molar-refractivity contribution >= 4 is 45.8 Å². The Balaban J connectivity index is 1.98. The molecule has 4 rings (SSSR count). The molecular formula is C16H8Cl2N2O2S. The van der Waals surface area contributed by atoms with Gasteiger partial charge in [0, 0.05) is 10.9 Å². The first kappa shape index (κ1) is 14.5. The van der Waals surface area contributed by atoms with E-state index in [0.717, 1.165) is 17.5 Å². The fourth-order valence-electron chi connectivity index (χ4n) is 2.44. The predicted molar refractivity (Wildman–Crippen MR) is 91.6 cm³/mol. The van der Waals surface area contributed by atoms with Crippen molar-refractivity contribution in [2.45, 2.75) is 0 Å². The summed E-state index contributed by atoms with van der Waals surface area (Å²) < 4.78 is 7.22. The molecule has 0 spiro atoms. The van der Waals surface area contributed by atoms with E-state index in [1.54, 1.807) is 34.9 Å². The van der Waals surface area contributed by atoms with Crippen molar-refractivity contribution in [2.24, 2.45) is 0 Å². The van der Waals surface area contributed by atoms with Gasteiger partial charge in [0.1, 0.15) is 17.1 Å². The van der Waals surface area contributed by atoms with Gasteiger partial charge in [0.05, 0.1) is 16.3 Å². The minimum atomic E-state index is 0.420. The van der Waals surface area contributed by atoms with Gasteiger partial charge in [-0.2, -0.15) is 0 Å². The number of rotatable bonds is 3. The Bertz CT molecular complexity index is 1020. The van der Waals surface area contributed by atoms with E-state index in [1.165, 1.54) is 11.3 Å². The van der Waals surface area contributed by atoms with Crippen LogP contribution in [0.15, 0.2) is 46.4 Å². The first-order valence-electron chi connectivity index (χ1n) is 6.63. The highest BCUT2D eigenvalue weighted by molar-refractivity contribution is 7.15. The Labute approximate surface area is 144 Å². The van der Waals surface area contributed by atoms with Crippen LogP contribution >= 0.6 is 34.5 Å². The Morgan fingerprint density at radius 3 is 2.78 bits per heavy atom. The van der Waals surface area contributed by atoms with Crippen LogP contribution in [0.5, 0.6) is 0 Å². The van der Waals surface area contributed by atoms with E-state index < -0.39 is 0 Å². The van der Waals surface area contributed by atoms with Gasteiger partial charge in [0.2, 0.25) is 0 Å². The summed E-state index contributed by atoms with van der Waals surface area (Å²) in [6, 6.07) is 8.83. The largest absolute Gasteiger partial charge is 0.463 e. The molecule has 0 aliphatic heterocycles. The molecule has 4 aromatic rings. The topological polar surface area (TPSA) is 47.5 Å². The summed E-state index contributed by atoms with van der Waals surface area (Å²) in [5, 5.41) is 2.79. The van der Waals surface area contributed by atoms with Crippen molar-refractivity contribution in [3.05, 3.63) is 57.7 Å². The molecule has 0 aliphatic carbocycles. The monoisotopic (exact) mass is 362 g/mol. The number of hydrogen-bond acceptors (Lipinski definition) is 4. The van der Waals surface area contributed by atoms with Crippen molar-refractivity contribution in [2.75, 3.05) is 0 Å². The molecule has 0 bridgehead atoms. The van der Waals surface area contributed by atoms with Crippen LogP contribution < -0.4 is 0 Å². The maximum atomic E-state index is 11.7.